The van der Waals surface area contributed by atoms with E-state index < -0.39 is 11.4 Å². The average molecular weight is 473 g/mol. The molecule has 0 unspecified atom stereocenters. The molecular formula is C29H44O5. The first-order chi connectivity index (χ1) is 16.0. The lowest BCUT2D eigenvalue weighted by Crippen LogP contribution is -2.59. The molecule has 6 aliphatic rings. The van der Waals surface area contributed by atoms with Crippen LogP contribution in [0.25, 0.3) is 0 Å². The van der Waals surface area contributed by atoms with Gasteiger partial charge in [-0.1, -0.05) is 39.3 Å². The first-order valence-corrected chi connectivity index (χ1v) is 13.9. The minimum Gasteiger partial charge on any atom is -0.462 e. The van der Waals surface area contributed by atoms with Gasteiger partial charge in [0.25, 0.3) is 0 Å². The van der Waals surface area contributed by atoms with Gasteiger partial charge >= 0.3 is 5.97 Å². The fraction of sp³-hybridized carbons (Fsp3) is 0.897. The molecule has 11 atom stereocenters. The minimum atomic E-state index is -0.818. The Morgan fingerprint density at radius 1 is 1.12 bits per heavy atom. The van der Waals surface area contributed by atoms with Crippen molar-refractivity contribution in [3.05, 3.63) is 11.6 Å². The van der Waals surface area contributed by atoms with Crippen LogP contribution < -0.4 is 0 Å². The molecule has 0 amide bonds. The number of fused-ring (bicyclic) bond motifs is 7. The Morgan fingerprint density at radius 2 is 1.91 bits per heavy atom. The van der Waals surface area contributed by atoms with Crippen molar-refractivity contribution in [3.8, 4) is 0 Å². The van der Waals surface area contributed by atoms with E-state index in [0.29, 0.717) is 23.7 Å². The fourth-order valence-electron chi connectivity index (χ4n) is 9.90. The number of rotatable bonds is 1. The van der Waals surface area contributed by atoms with Crippen LogP contribution in [0.3, 0.4) is 0 Å². The van der Waals surface area contributed by atoms with Gasteiger partial charge in [0.2, 0.25) is 0 Å². The summed E-state index contributed by atoms with van der Waals surface area (Å²) < 4.78 is 18.7. The molecule has 5 nitrogen and oxygen atoms in total. The van der Waals surface area contributed by atoms with Gasteiger partial charge in [0.05, 0.1) is 12.7 Å². The highest BCUT2D eigenvalue weighted by molar-refractivity contribution is 5.66. The smallest absolute Gasteiger partial charge is 0.302 e. The second-order valence-corrected chi connectivity index (χ2v) is 13.3. The van der Waals surface area contributed by atoms with Crippen LogP contribution in [0, 0.1) is 40.4 Å². The Morgan fingerprint density at radius 3 is 2.62 bits per heavy atom. The summed E-state index contributed by atoms with van der Waals surface area (Å²) in [6, 6.07) is 0. The van der Waals surface area contributed by atoms with E-state index in [1.165, 1.54) is 12.5 Å². The molecule has 0 radical (unpaired) electrons. The number of aliphatic hydroxyl groups is 1. The van der Waals surface area contributed by atoms with Crippen molar-refractivity contribution in [3.63, 3.8) is 0 Å². The van der Waals surface area contributed by atoms with E-state index in [9.17, 15) is 9.90 Å². The molecule has 0 bridgehead atoms. The molecule has 2 aliphatic heterocycles. The zero-order valence-corrected chi connectivity index (χ0v) is 21.8. The third kappa shape index (κ3) is 2.93. The van der Waals surface area contributed by atoms with Crippen LogP contribution in [0.1, 0.15) is 92.4 Å². The van der Waals surface area contributed by atoms with Gasteiger partial charge in [-0.15, -0.1) is 0 Å². The van der Waals surface area contributed by atoms with Crippen molar-refractivity contribution in [2.75, 3.05) is 6.61 Å². The van der Waals surface area contributed by atoms with Crippen molar-refractivity contribution in [1.82, 2.24) is 0 Å². The van der Waals surface area contributed by atoms with Gasteiger partial charge < -0.3 is 19.3 Å². The molecule has 3 saturated carbocycles. The predicted molar refractivity (Wildman–Crippen MR) is 129 cm³/mol. The van der Waals surface area contributed by atoms with Gasteiger partial charge in [-0.25, -0.2) is 0 Å². The van der Waals surface area contributed by atoms with Crippen molar-refractivity contribution in [1.29, 1.82) is 0 Å². The van der Waals surface area contributed by atoms with E-state index in [1.807, 2.05) is 0 Å². The summed E-state index contributed by atoms with van der Waals surface area (Å²) in [6.07, 6.45) is 11.6. The zero-order chi connectivity index (χ0) is 24.1. The third-order valence-electron chi connectivity index (χ3n) is 11.9. The van der Waals surface area contributed by atoms with Crippen LogP contribution in [0.15, 0.2) is 11.6 Å². The van der Waals surface area contributed by atoms with Crippen molar-refractivity contribution in [2.45, 2.75) is 116 Å². The molecule has 5 heteroatoms. The van der Waals surface area contributed by atoms with Crippen molar-refractivity contribution in [2.24, 2.45) is 40.4 Å². The van der Waals surface area contributed by atoms with Gasteiger partial charge in [-0.05, 0) is 74.0 Å². The lowest BCUT2D eigenvalue weighted by atomic mass is 9.46. The first-order valence-electron chi connectivity index (χ1n) is 13.9. The number of esters is 1. The Bertz CT molecular complexity index is 889. The molecule has 6 rings (SSSR count). The summed E-state index contributed by atoms with van der Waals surface area (Å²) in [5, 5.41) is 12.5. The highest BCUT2D eigenvalue weighted by atomic mass is 16.7. The average Bonchev–Trinajstić information content (AvgIpc) is 3.14. The Kier molecular flexibility index (Phi) is 5.22. The lowest BCUT2D eigenvalue weighted by Gasteiger charge is -2.59. The Labute approximate surface area is 205 Å². The van der Waals surface area contributed by atoms with Crippen LogP contribution in [0.5, 0.6) is 0 Å². The highest BCUT2D eigenvalue weighted by Gasteiger charge is 2.76. The molecule has 1 N–H and O–H groups in total. The maximum Gasteiger partial charge on any atom is 0.302 e. The van der Waals surface area contributed by atoms with E-state index in [1.54, 1.807) is 0 Å². The number of hydrogen-bond donors (Lipinski definition) is 1. The van der Waals surface area contributed by atoms with Crippen LogP contribution in [-0.4, -0.2) is 41.3 Å². The first kappa shape index (κ1) is 23.5. The summed E-state index contributed by atoms with van der Waals surface area (Å²) in [5.74, 6) is 1.50. The second-order valence-electron chi connectivity index (χ2n) is 13.3. The van der Waals surface area contributed by atoms with E-state index in [2.05, 4.69) is 33.8 Å². The monoisotopic (exact) mass is 472 g/mol. The molecule has 2 heterocycles. The molecule has 1 spiro atoms. The van der Waals surface area contributed by atoms with E-state index in [4.69, 9.17) is 14.2 Å². The standard InChI is InChI=1S/C29H44O5/c1-17-8-13-28(32-16-17)18(2)29(31)25(34-28)15-24-22-7-6-20-14-21(33-19(3)30)9-11-26(20,4)23(22)10-12-27(24,29)5/h6,17-18,21-25,31H,7-16H2,1-5H3/t17-,18-,21-,22-,23+,24+,25+,26-,27-,28-,29-/m0/s1. The van der Waals surface area contributed by atoms with Crippen LogP contribution in [0.2, 0.25) is 0 Å². The number of carbonyl (C=O) groups excluding carboxylic acids is 1. The number of allylic oxidation sites excluding steroid dienone is 1. The third-order valence-corrected chi connectivity index (χ3v) is 11.9. The van der Waals surface area contributed by atoms with Gasteiger partial charge in [-0.3, -0.25) is 4.79 Å². The van der Waals surface area contributed by atoms with Crippen LogP contribution in [-0.2, 0) is 19.0 Å². The maximum atomic E-state index is 12.5. The second kappa shape index (κ2) is 7.55. The molecule has 190 valence electrons. The van der Waals surface area contributed by atoms with Gasteiger partial charge in [-0.2, -0.15) is 0 Å². The van der Waals surface area contributed by atoms with E-state index >= 15 is 0 Å². The van der Waals surface area contributed by atoms with Gasteiger partial charge in [0, 0.05) is 31.1 Å². The van der Waals surface area contributed by atoms with E-state index in [0.717, 1.165) is 64.4 Å². The number of hydrogen-bond acceptors (Lipinski definition) is 5. The lowest BCUT2D eigenvalue weighted by molar-refractivity contribution is -0.274. The summed E-state index contributed by atoms with van der Waals surface area (Å²) in [7, 11) is 0. The van der Waals surface area contributed by atoms with E-state index in [-0.39, 0.29) is 34.9 Å². The summed E-state index contributed by atoms with van der Waals surface area (Å²) >= 11 is 0. The number of ether oxygens (including phenoxy) is 3. The molecule has 0 aromatic heterocycles. The molecule has 0 aromatic rings. The van der Waals surface area contributed by atoms with Gasteiger partial charge in [0.15, 0.2) is 5.79 Å². The van der Waals surface area contributed by atoms with Crippen molar-refractivity contribution < 1.29 is 24.1 Å². The highest BCUT2D eigenvalue weighted by Crippen LogP contribution is 2.72. The van der Waals surface area contributed by atoms with Crippen LogP contribution >= 0.6 is 0 Å². The van der Waals surface area contributed by atoms with Crippen LogP contribution in [0.4, 0.5) is 0 Å². The quantitative estimate of drug-likeness (QED) is 0.409. The number of carbonyl (C=O) groups is 1. The summed E-state index contributed by atoms with van der Waals surface area (Å²) in [5.41, 5.74) is 0.753. The van der Waals surface area contributed by atoms with Crippen molar-refractivity contribution >= 4 is 5.97 Å². The largest absolute Gasteiger partial charge is 0.462 e. The molecular weight excluding hydrogens is 428 g/mol. The summed E-state index contributed by atoms with van der Waals surface area (Å²) in [6.45, 7) is 11.5. The fourth-order valence-corrected chi connectivity index (χ4v) is 9.90. The Balaban J connectivity index is 1.27. The molecule has 2 saturated heterocycles. The minimum absolute atomic E-state index is 0.00602. The summed E-state index contributed by atoms with van der Waals surface area (Å²) in [4.78, 5) is 11.5. The predicted octanol–water partition coefficient (Wildman–Crippen LogP) is 5.40. The zero-order valence-electron chi connectivity index (χ0n) is 21.8. The van der Waals surface area contributed by atoms with Gasteiger partial charge in [0.1, 0.15) is 11.7 Å². The topological polar surface area (TPSA) is 65.0 Å². The molecule has 5 fully saturated rings. The normalized spacial score (nSPS) is 56.2. The molecule has 4 aliphatic carbocycles. The molecule has 34 heavy (non-hydrogen) atoms. The SMILES string of the molecule is CC(=O)O[C@H]1CC[C@@]2(C)C(=CC[C@H]3[C@H]2CC[C@@]2(C)[C@@H]3C[C@H]3O[C@@]4(CC[C@H](C)CO4)[C@H](C)[C@]32O)C1. The Hall–Kier alpha value is -0.910. The molecule has 0 aromatic carbocycles. The maximum absolute atomic E-state index is 12.5.